The van der Waals surface area contributed by atoms with Gasteiger partial charge in [0.2, 0.25) is 11.8 Å². The van der Waals surface area contributed by atoms with Gasteiger partial charge in [-0.05, 0) is 79.4 Å². The Balaban J connectivity index is 1.04. The van der Waals surface area contributed by atoms with E-state index in [1.54, 1.807) is 11.5 Å². The van der Waals surface area contributed by atoms with Crippen molar-refractivity contribution in [1.82, 2.24) is 14.2 Å². The number of carbonyl (C=O) groups excluding carboxylic acids is 2. The zero-order valence-electron chi connectivity index (χ0n) is 22.3. The Morgan fingerprint density at radius 1 is 0.914 bits per heavy atom. The molecule has 35 heavy (non-hydrogen) atoms. The molecule has 186 valence electrons. The van der Waals surface area contributed by atoms with E-state index >= 15 is 0 Å². The highest BCUT2D eigenvalue weighted by Gasteiger charge is 2.61. The normalized spacial score (nSPS) is 36.7. The van der Waals surface area contributed by atoms with Crippen LogP contribution in [0.4, 0.5) is 5.82 Å². The monoisotopic (exact) mass is 494 g/mol. The predicted molar refractivity (Wildman–Crippen MR) is 138 cm³/mol. The molecule has 0 radical (unpaired) electrons. The smallest absolute Gasteiger partial charge is 0.233 e. The summed E-state index contributed by atoms with van der Waals surface area (Å²) in [7, 11) is 0. The van der Waals surface area contributed by atoms with Crippen LogP contribution < -0.4 is 4.90 Å². The number of likely N-dealkylation sites (tertiary alicyclic amines) is 1. The van der Waals surface area contributed by atoms with Crippen LogP contribution in [-0.2, 0) is 9.59 Å². The van der Waals surface area contributed by atoms with Gasteiger partial charge in [0.05, 0.1) is 19.3 Å². The van der Waals surface area contributed by atoms with Gasteiger partial charge in [0.1, 0.15) is 5.82 Å². The molecule has 7 rings (SSSR count). The summed E-state index contributed by atoms with van der Waals surface area (Å²) in [4.78, 5) is 32.9. The number of benzene rings is 1. The van der Waals surface area contributed by atoms with Gasteiger partial charge in [0.25, 0.3) is 0 Å². The molecule has 2 saturated heterocycles. The Morgan fingerprint density at radius 2 is 1.60 bits per heavy atom. The Morgan fingerprint density at radius 3 is 2.34 bits per heavy atom. The van der Waals surface area contributed by atoms with Crippen molar-refractivity contribution in [3.8, 4) is 0 Å². The van der Waals surface area contributed by atoms with Crippen molar-refractivity contribution in [2.24, 2.45) is 35.5 Å². The highest BCUT2D eigenvalue weighted by Crippen LogP contribution is 2.56. The largest absolute Gasteiger partial charge is 0.353 e. The first kappa shape index (κ1) is 20.1. The molecule has 0 spiro atoms. The second-order valence-corrected chi connectivity index (χ2v) is 12.3. The van der Waals surface area contributed by atoms with Gasteiger partial charge in [0, 0.05) is 44.6 Å². The second-order valence-electron chi connectivity index (χ2n) is 11.5. The molecule has 6 atom stereocenters. The zero-order chi connectivity index (χ0) is 25.3. The summed E-state index contributed by atoms with van der Waals surface area (Å²) in [6.07, 6.45) is 6.82. The number of aromatic nitrogens is 1. The van der Waals surface area contributed by atoms with Crippen molar-refractivity contribution in [3.63, 3.8) is 0 Å². The molecule has 2 bridgehead atoms. The van der Waals surface area contributed by atoms with E-state index < -0.39 is 6.50 Å². The van der Waals surface area contributed by atoms with E-state index in [0.29, 0.717) is 11.8 Å². The molecular weight excluding hydrogens is 456 g/mol. The van der Waals surface area contributed by atoms with Crippen LogP contribution in [0.1, 0.15) is 47.7 Å². The lowest BCUT2D eigenvalue weighted by Gasteiger charge is -2.40. The Kier molecular flexibility index (Phi) is 5.08. The standard InChI is InChI=1S/C28H36N4O2S/c33-27-24-18-9-10-19(15-18)25(24)28(34)32(27)17-21-6-2-1-5-20(21)16-30-11-13-31(14-12-30)26-22-7-3-4-8-23(22)35-29-26/h3-4,7-8,18-21,24-25H,1-2,5-6,9-17H2/t18-,19+,20-,21-,24+,25-/m0/s1/i17D2. The first-order valence-electron chi connectivity index (χ1n) is 14.6. The average molecular weight is 495 g/mol. The highest BCUT2D eigenvalue weighted by molar-refractivity contribution is 7.13. The molecule has 0 N–H and O–H groups in total. The van der Waals surface area contributed by atoms with Crippen LogP contribution in [0.3, 0.4) is 0 Å². The summed E-state index contributed by atoms with van der Waals surface area (Å²) < 4.78 is 24.3. The lowest BCUT2D eigenvalue weighted by atomic mass is 9.78. The van der Waals surface area contributed by atoms with E-state index in [1.165, 1.54) is 10.1 Å². The number of nitrogens with zero attached hydrogens (tertiary/aromatic N) is 4. The van der Waals surface area contributed by atoms with Gasteiger partial charge in [-0.1, -0.05) is 25.0 Å². The van der Waals surface area contributed by atoms with Gasteiger partial charge in [-0.15, -0.1) is 0 Å². The maximum atomic E-state index is 13.5. The lowest BCUT2D eigenvalue weighted by Crippen LogP contribution is -2.49. The summed E-state index contributed by atoms with van der Waals surface area (Å²) in [5.41, 5.74) is 0. The number of hydrogen-bond donors (Lipinski definition) is 0. The number of rotatable bonds is 5. The molecule has 2 aromatic rings. The quantitative estimate of drug-likeness (QED) is 0.582. The fourth-order valence-corrected chi connectivity index (χ4v) is 8.67. The van der Waals surface area contributed by atoms with Crippen molar-refractivity contribution in [2.75, 3.05) is 44.1 Å². The lowest BCUT2D eigenvalue weighted by molar-refractivity contribution is -0.142. The molecule has 2 aliphatic heterocycles. The van der Waals surface area contributed by atoms with Gasteiger partial charge < -0.3 is 4.90 Å². The van der Waals surface area contributed by atoms with Gasteiger partial charge in [-0.2, -0.15) is 4.37 Å². The van der Waals surface area contributed by atoms with Gasteiger partial charge >= 0.3 is 0 Å². The van der Waals surface area contributed by atoms with Crippen LogP contribution in [0.25, 0.3) is 10.1 Å². The van der Waals surface area contributed by atoms with E-state index in [1.807, 2.05) is 0 Å². The van der Waals surface area contributed by atoms with Crippen molar-refractivity contribution >= 4 is 39.3 Å². The van der Waals surface area contributed by atoms with Crippen molar-refractivity contribution in [1.29, 1.82) is 0 Å². The number of amides is 2. The van der Waals surface area contributed by atoms with Crippen LogP contribution in [0.15, 0.2) is 24.3 Å². The molecule has 2 amide bonds. The van der Waals surface area contributed by atoms with E-state index in [0.717, 1.165) is 88.4 Å². The molecule has 5 aliphatic rings. The SMILES string of the molecule is [2H]C([2H])([C@@H]1CCCC[C@H]1CN1CCN(c2nsc3ccccc23)CC1)N1C(=O)[C@@H]2[C@H]3CC[C@H](C3)[C@@H]2C1=O. The summed E-state index contributed by atoms with van der Waals surface area (Å²) in [5.74, 6) is 0.621. The third-order valence-corrected chi connectivity index (χ3v) is 10.5. The molecule has 1 aromatic heterocycles. The van der Waals surface area contributed by atoms with Gasteiger partial charge in [0.15, 0.2) is 0 Å². The topological polar surface area (TPSA) is 56.8 Å². The minimum Gasteiger partial charge on any atom is -0.353 e. The predicted octanol–water partition coefficient (Wildman–Crippen LogP) is 4.26. The number of anilines is 1. The first-order valence-corrected chi connectivity index (χ1v) is 14.4. The van der Waals surface area contributed by atoms with Crippen LogP contribution in [0, 0.1) is 35.5 Å². The number of hydrogen-bond acceptors (Lipinski definition) is 6. The first-order chi connectivity index (χ1) is 17.9. The highest BCUT2D eigenvalue weighted by atomic mass is 32.1. The third kappa shape index (κ3) is 3.72. The second kappa shape index (κ2) is 8.84. The number of fused-ring (bicyclic) bond motifs is 6. The van der Waals surface area contributed by atoms with Crippen LogP contribution in [0.5, 0.6) is 0 Å². The van der Waals surface area contributed by atoms with Crippen LogP contribution in [-0.4, -0.2) is 65.2 Å². The Hall–Kier alpha value is -1.99. The van der Waals surface area contributed by atoms with E-state index in [-0.39, 0.29) is 35.5 Å². The summed E-state index contributed by atoms with van der Waals surface area (Å²) >= 11 is 1.56. The average Bonchev–Trinajstić information content (AvgIpc) is 3.68. The molecule has 5 fully saturated rings. The van der Waals surface area contributed by atoms with Crippen molar-refractivity contribution in [2.45, 2.75) is 44.9 Å². The maximum absolute atomic E-state index is 13.5. The maximum Gasteiger partial charge on any atom is 0.233 e. The zero-order valence-corrected chi connectivity index (χ0v) is 21.1. The fourth-order valence-electron chi connectivity index (χ4n) is 7.87. The number of carbonyl (C=O) groups is 2. The third-order valence-electron chi connectivity index (χ3n) is 9.65. The van der Waals surface area contributed by atoms with Crippen molar-refractivity contribution < 1.29 is 12.3 Å². The van der Waals surface area contributed by atoms with Crippen molar-refractivity contribution in [3.05, 3.63) is 24.3 Å². The Bertz CT molecular complexity index is 1180. The minimum atomic E-state index is -1.90. The van der Waals surface area contributed by atoms with E-state index in [9.17, 15) is 12.3 Å². The molecular formula is C28H36N4O2S. The summed E-state index contributed by atoms with van der Waals surface area (Å²) in [6, 6.07) is 8.40. The molecule has 3 saturated carbocycles. The Labute approximate surface area is 214 Å². The van der Waals surface area contributed by atoms with E-state index in [4.69, 9.17) is 4.37 Å². The summed E-state index contributed by atoms with van der Waals surface area (Å²) in [5, 5.41) is 1.22. The molecule has 3 heterocycles. The minimum absolute atomic E-state index is 0.160. The number of imide groups is 1. The molecule has 0 unspecified atom stereocenters. The fraction of sp³-hybridized carbons (Fsp3) is 0.679. The van der Waals surface area contributed by atoms with E-state index in [2.05, 4.69) is 34.1 Å². The molecule has 6 nitrogen and oxygen atoms in total. The molecule has 1 aromatic carbocycles. The van der Waals surface area contributed by atoms with Crippen LogP contribution in [0.2, 0.25) is 0 Å². The molecule has 7 heteroatoms. The van der Waals surface area contributed by atoms with Gasteiger partial charge in [-0.25, -0.2) is 0 Å². The molecule has 3 aliphatic carbocycles. The van der Waals surface area contributed by atoms with Crippen LogP contribution >= 0.6 is 11.5 Å². The van der Waals surface area contributed by atoms with Gasteiger partial charge in [-0.3, -0.25) is 19.4 Å². The number of piperazine rings is 1. The summed E-state index contributed by atoms with van der Waals surface area (Å²) in [6.45, 7) is 2.61.